The van der Waals surface area contributed by atoms with Gasteiger partial charge in [-0.15, -0.1) is 0 Å². The molecular formula is C23H24ClN3O2. The Morgan fingerprint density at radius 3 is 2.17 bits per heavy atom. The zero-order valence-electron chi connectivity index (χ0n) is 16.9. The molecular weight excluding hydrogens is 386 g/mol. The highest BCUT2D eigenvalue weighted by molar-refractivity contribution is 6.45. The Labute approximate surface area is 176 Å². The summed E-state index contributed by atoms with van der Waals surface area (Å²) in [5.41, 5.74) is 4.21. The normalized spacial score (nSPS) is 18.2. The number of amides is 2. The van der Waals surface area contributed by atoms with Gasteiger partial charge < -0.3 is 9.80 Å². The Balaban J connectivity index is 1.83. The standard InChI is InChI=1S/C23H24ClN3O2/c1-15-4-7-17(8-5-15)20-21(26-12-10-25(3)11-13-26)23(29)27(22(20)28)19-14-18(24)9-6-16(19)2/h4-9,14H,10-13H2,1-3H3. The van der Waals surface area contributed by atoms with Crippen molar-refractivity contribution in [3.8, 4) is 0 Å². The summed E-state index contributed by atoms with van der Waals surface area (Å²) in [6.07, 6.45) is 0. The van der Waals surface area contributed by atoms with Crippen molar-refractivity contribution < 1.29 is 9.59 Å². The van der Waals surface area contributed by atoms with Crippen molar-refractivity contribution in [2.45, 2.75) is 13.8 Å². The van der Waals surface area contributed by atoms with Gasteiger partial charge in [-0.2, -0.15) is 0 Å². The monoisotopic (exact) mass is 409 g/mol. The average Bonchev–Trinajstić information content (AvgIpc) is 2.95. The van der Waals surface area contributed by atoms with Gasteiger partial charge in [-0.25, -0.2) is 4.90 Å². The number of benzene rings is 2. The lowest BCUT2D eigenvalue weighted by atomic mass is 10.0. The highest BCUT2D eigenvalue weighted by Gasteiger charge is 2.43. The molecule has 0 saturated carbocycles. The van der Waals surface area contributed by atoms with E-state index in [-0.39, 0.29) is 11.8 Å². The van der Waals surface area contributed by atoms with Gasteiger partial charge in [0.1, 0.15) is 5.70 Å². The molecule has 1 fully saturated rings. The molecule has 4 rings (SSSR count). The van der Waals surface area contributed by atoms with E-state index in [0.717, 1.165) is 29.8 Å². The number of imide groups is 1. The number of halogens is 1. The summed E-state index contributed by atoms with van der Waals surface area (Å²) in [6, 6.07) is 13.1. The highest BCUT2D eigenvalue weighted by atomic mass is 35.5. The first-order chi connectivity index (χ1) is 13.9. The van der Waals surface area contributed by atoms with Crippen LogP contribution in [0.15, 0.2) is 48.2 Å². The molecule has 0 unspecified atom stereocenters. The van der Waals surface area contributed by atoms with Crippen LogP contribution >= 0.6 is 11.6 Å². The maximum absolute atomic E-state index is 13.6. The topological polar surface area (TPSA) is 43.9 Å². The second-order valence-corrected chi connectivity index (χ2v) is 8.19. The fraction of sp³-hybridized carbons (Fsp3) is 0.304. The third kappa shape index (κ3) is 3.56. The molecule has 0 aromatic heterocycles. The molecule has 29 heavy (non-hydrogen) atoms. The van der Waals surface area contributed by atoms with E-state index in [1.165, 1.54) is 4.90 Å². The minimum atomic E-state index is -0.293. The van der Waals surface area contributed by atoms with Crippen LogP contribution in [0.5, 0.6) is 0 Å². The maximum Gasteiger partial charge on any atom is 0.282 e. The maximum atomic E-state index is 13.6. The lowest BCUT2D eigenvalue weighted by molar-refractivity contribution is -0.120. The summed E-state index contributed by atoms with van der Waals surface area (Å²) in [6.45, 7) is 7.00. The zero-order valence-corrected chi connectivity index (χ0v) is 17.7. The fourth-order valence-corrected chi connectivity index (χ4v) is 4.03. The number of hydrogen-bond donors (Lipinski definition) is 0. The van der Waals surface area contributed by atoms with Crippen molar-refractivity contribution in [3.05, 3.63) is 69.9 Å². The van der Waals surface area contributed by atoms with Crippen LogP contribution in [0.4, 0.5) is 5.69 Å². The van der Waals surface area contributed by atoms with Crippen LogP contribution in [-0.2, 0) is 9.59 Å². The summed E-state index contributed by atoms with van der Waals surface area (Å²) in [4.78, 5) is 32.7. The lowest BCUT2D eigenvalue weighted by Crippen LogP contribution is -2.46. The molecule has 2 aromatic carbocycles. The van der Waals surface area contributed by atoms with Gasteiger partial charge in [0.05, 0.1) is 11.3 Å². The van der Waals surface area contributed by atoms with Crippen LogP contribution in [0.1, 0.15) is 16.7 Å². The molecule has 5 nitrogen and oxygen atoms in total. The van der Waals surface area contributed by atoms with Crippen molar-refractivity contribution >= 4 is 34.7 Å². The molecule has 0 bridgehead atoms. The number of aryl methyl sites for hydroxylation is 2. The molecule has 2 amide bonds. The predicted molar refractivity (Wildman–Crippen MR) is 116 cm³/mol. The molecule has 1 saturated heterocycles. The first kappa shape index (κ1) is 19.7. The quantitative estimate of drug-likeness (QED) is 0.728. The SMILES string of the molecule is Cc1ccc(C2=C(N3CCN(C)CC3)C(=O)N(c3cc(Cl)ccc3C)C2=O)cc1. The highest BCUT2D eigenvalue weighted by Crippen LogP contribution is 2.37. The van der Waals surface area contributed by atoms with Gasteiger partial charge in [0, 0.05) is 31.2 Å². The first-order valence-corrected chi connectivity index (χ1v) is 10.1. The smallest absolute Gasteiger partial charge is 0.282 e. The van der Waals surface area contributed by atoms with E-state index in [0.29, 0.717) is 35.1 Å². The van der Waals surface area contributed by atoms with Gasteiger partial charge in [-0.3, -0.25) is 9.59 Å². The second-order valence-electron chi connectivity index (χ2n) is 7.76. The van der Waals surface area contributed by atoms with Gasteiger partial charge in [0.25, 0.3) is 11.8 Å². The summed E-state index contributed by atoms with van der Waals surface area (Å²) in [5, 5.41) is 0.496. The molecule has 6 heteroatoms. The van der Waals surface area contributed by atoms with Gasteiger partial charge in [-0.05, 0) is 44.2 Å². The van der Waals surface area contributed by atoms with E-state index in [1.807, 2.05) is 44.2 Å². The third-order valence-corrected chi connectivity index (χ3v) is 5.87. The summed E-state index contributed by atoms with van der Waals surface area (Å²) in [7, 11) is 2.07. The molecule has 0 aliphatic carbocycles. The van der Waals surface area contributed by atoms with E-state index in [1.54, 1.807) is 12.1 Å². The molecule has 2 aliphatic rings. The first-order valence-electron chi connectivity index (χ1n) is 9.76. The van der Waals surface area contributed by atoms with Gasteiger partial charge >= 0.3 is 0 Å². The van der Waals surface area contributed by atoms with Gasteiger partial charge in [0.2, 0.25) is 0 Å². The number of piperazine rings is 1. The van der Waals surface area contributed by atoms with Crippen LogP contribution in [0.3, 0.4) is 0 Å². The molecule has 0 N–H and O–H groups in total. The summed E-state index contributed by atoms with van der Waals surface area (Å²) < 4.78 is 0. The van der Waals surface area contributed by atoms with E-state index < -0.39 is 0 Å². The van der Waals surface area contributed by atoms with Gasteiger partial charge in [0.15, 0.2) is 0 Å². The number of carbonyl (C=O) groups is 2. The average molecular weight is 410 g/mol. The molecule has 2 heterocycles. The van der Waals surface area contributed by atoms with Crippen LogP contribution in [0, 0.1) is 13.8 Å². The van der Waals surface area contributed by atoms with Crippen LogP contribution in [-0.4, -0.2) is 54.8 Å². The van der Waals surface area contributed by atoms with Crippen LogP contribution < -0.4 is 4.90 Å². The molecule has 2 aromatic rings. The summed E-state index contributed by atoms with van der Waals surface area (Å²) in [5.74, 6) is -0.571. The summed E-state index contributed by atoms with van der Waals surface area (Å²) >= 11 is 6.18. The third-order valence-electron chi connectivity index (χ3n) is 5.63. The van der Waals surface area contributed by atoms with Crippen molar-refractivity contribution in [1.29, 1.82) is 0 Å². The van der Waals surface area contributed by atoms with Gasteiger partial charge in [-0.1, -0.05) is 47.5 Å². The van der Waals surface area contributed by atoms with E-state index in [4.69, 9.17) is 11.6 Å². The van der Waals surface area contributed by atoms with E-state index >= 15 is 0 Å². The predicted octanol–water partition coefficient (Wildman–Crippen LogP) is 3.49. The Bertz CT molecular complexity index is 1010. The molecule has 150 valence electrons. The van der Waals surface area contributed by atoms with Crippen molar-refractivity contribution in [2.75, 3.05) is 38.1 Å². The Kier molecular flexibility index (Phi) is 5.19. The van der Waals surface area contributed by atoms with E-state index in [2.05, 4.69) is 16.8 Å². The molecule has 0 radical (unpaired) electrons. The zero-order chi connectivity index (χ0) is 20.7. The fourth-order valence-electron chi connectivity index (χ4n) is 3.86. The largest absolute Gasteiger partial charge is 0.364 e. The Morgan fingerprint density at radius 1 is 0.862 bits per heavy atom. The minimum Gasteiger partial charge on any atom is -0.364 e. The van der Waals surface area contributed by atoms with Crippen LogP contribution in [0.25, 0.3) is 5.57 Å². The molecule has 0 spiro atoms. The number of carbonyl (C=O) groups excluding carboxylic acids is 2. The molecule has 0 atom stereocenters. The van der Waals surface area contributed by atoms with E-state index in [9.17, 15) is 9.59 Å². The Hall–Kier alpha value is -2.63. The number of hydrogen-bond acceptors (Lipinski definition) is 4. The Morgan fingerprint density at radius 2 is 1.52 bits per heavy atom. The van der Waals surface area contributed by atoms with Crippen molar-refractivity contribution in [3.63, 3.8) is 0 Å². The van der Waals surface area contributed by atoms with Crippen molar-refractivity contribution in [2.24, 2.45) is 0 Å². The minimum absolute atomic E-state index is 0.277. The molecule has 2 aliphatic heterocycles. The number of nitrogens with zero attached hydrogens (tertiary/aromatic N) is 3. The second kappa shape index (κ2) is 7.65. The number of likely N-dealkylation sites (N-methyl/N-ethyl adjacent to an activating group) is 1. The number of anilines is 1. The lowest BCUT2D eigenvalue weighted by Gasteiger charge is -2.34. The van der Waals surface area contributed by atoms with Crippen LogP contribution in [0.2, 0.25) is 5.02 Å². The number of rotatable bonds is 3. The van der Waals surface area contributed by atoms with Crippen molar-refractivity contribution in [1.82, 2.24) is 9.80 Å².